The predicted molar refractivity (Wildman–Crippen MR) is 55.6 cm³/mol. The predicted octanol–water partition coefficient (Wildman–Crippen LogP) is 0.293. The van der Waals surface area contributed by atoms with Gasteiger partial charge >= 0.3 is 0 Å². The first-order chi connectivity index (χ1) is 7.16. The Hall–Kier alpha value is -1.78. The van der Waals surface area contributed by atoms with Crippen LogP contribution in [0, 0.1) is 6.92 Å². The van der Waals surface area contributed by atoms with Crippen LogP contribution in [0.25, 0.3) is 0 Å². The Morgan fingerprint density at radius 1 is 1.67 bits per heavy atom. The highest BCUT2D eigenvalue weighted by Crippen LogP contribution is 2.12. The molecule has 2 heterocycles. The van der Waals surface area contributed by atoms with Crippen molar-refractivity contribution >= 4 is 5.91 Å². The van der Waals surface area contributed by atoms with Crippen molar-refractivity contribution < 1.29 is 4.79 Å². The number of hydrogen-bond acceptors (Lipinski definition) is 3. The van der Waals surface area contributed by atoms with E-state index in [0.29, 0.717) is 18.8 Å². The van der Waals surface area contributed by atoms with Crippen LogP contribution in [0.4, 0.5) is 0 Å². The van der Waals surface area contributed by atoms with Gasteiger partial charge in [0.15, 0.2) is 0 Å². The van der Waals surface area contributed by atoms with Crippen LogP contribution in [-0.4, -0.2) is 27.3 Å². The number of nitrogens with two attached hydrogens (primary N) is 1. The molecule has 0 unspecified atom stereocenters. The van der Waals surface area contributed by atoms with E-state index in [-0.39, 0.29) is 5.91 Å². The van der Waals surface area contributed by atoms with Gasteiger partial charge in [-0.3, -0.25) is 4.79 Å². The molecule has 3 N–H and O–H groups in total. The molecule has 0 atom stereocenters. The number of carbonyl (C=O) groups excluding carboxylic acids is 1. The molecule has 0 fully saturated rings. The molecule has 0 bridgehead atoms. The minimum absolute atomic E-state index is 0.0267. The lowest BCUT2D eigenvalue weighted by atomic mass is 10.2. The molecule has 0 radical (unpaired) electrons. The number of carbonyl (C=O) groups is 1. The molecule has 80 valence electrons. The lowest BCUT2D eigenvalue weighted by Gasteiger charge is -2.24. The van der Waals surface area contributed by atoms with Gasteiger partial charge in [0.1, 0.15) is 0 Å². The van der Waals surface area contributed by atoms with E-state index in [1.165, 1.54) is 6.08 Å². The van der Waals surface area contributed by atoms with Crippen LogP contribution in [0.5, 0.6) is 0 Å². The number of nitrogens with zero attached hydrogens (tertiary/aromatic N) is 2. The van der Waals surface area contributed by atoms with Crippen molar-refractivity contribution in [2.45, 2.75) is 19.9 Å². The summed E-state index contributed by atoms with van der Waals surface area (Å²) in [5, 5.41) is 0. The smallest absolute Gasteiger partial charge is 0.248 e. The quantitative estimate of drug-likeness (QED) is 0.730. The molecule has 0 aliphatic carbocycles. The molecule has 1 aliphatic heterocycles. The lowest BCUT2D eigenvalue weighted by Crippen LogP contribution is -2.35. The highest BCUT2D eigenvalue weighted by Gasteiger charge is 2.18. The molecule has 1 aliphatic rings. The van der Waals surface area contributed by atoms with Crippen LogP contribution < -0.4 is 5.73 Å². The summed E-state index contributed by atoms with van der Waals surface area (Å²) in [5.41, 5.74) is 8.16. The van der Waals surface area contributed by atoms with Crippen LogP contribution in [0.3, 0.4) is 0 Å². The van der Waals surface area contributed by atoms with Crippen molar-refractivity contribution in [3.63, 3.8) is 0 Å². The van der Waals surface area contributed by atoms with E-state index < -0.39 is 0 Å². The fraction of sp³-hybridized carbons (Fsp3) is 0.400. The van der Waals surface area contributed by atoms with Crippen molar-refractivity contribution in [1.82, 2.24) is 14.9 Å². The monoisotopic (exact) mass is 206 g/mol. The van der Waals surface area contributed by atoms with E-state index in [1.54, 1.807) is 11.2 Å². The fourth-order valence-electron chi connectivity index (χ4n) is 1.58. The van der Waals surface area contributed by atoms with E-state index in [1.807, 2.05) is 6.92 Å². The Kier molecular flexibility index (Phi) is 2.45. The van der Waals surface area contributed by atoms with Gasteiger partial charge in [-0.2, -0.15) is 0 Å². The maximum absolute atomic E-state index is 11.6. The summed E-state index contributed by atoms with van der Waals surface area (Å²) in [6.45, 7) is 3.17. The van der Waals surface area contributed by atoms with E-state index in [9.17, 15) is 4.79 Å². The molecule has 0 saturated heterocycles. The Bertz CT molecular complexity index is 407. The molecule has 0 saturated carbocycles. The Balaban J connectivity index is 2.08. The van der Waals surface area contributed by atoms with Crippen LogP contribution in [-0.2, 0) is 11.3 Å². The second-order valence-corrected chi connectivity index (χ2v) is 3.70. The molecule has 15 heavy (non-hydrogen) atoms. The second kappa shape index (κ2) is 3.76. The minimum atomic E-state index is -0.0267. The molecular weight excluding hydrogens is 192 g/mol. The molecule has 5 nitrogen and oxygen atoms in total. The second-order valence-electron chi connectivity index (χ2n) is 3.70. The van der Waals surface area contributed by atoms with Crippen molar-refractivity contribution in [3.8, 4) is 0 Å². The van der Waals surface area contributed by atoms with Gasteiger partial charge in [0.25, 0.3) is 0 Å². The highest BCUT2D eigenvalue weighted by molar-refractivity contribution is 5.89. The fourth-order valence-corrected chi connectivity index (χ4v) is 1.58. The summed E-state index contributed by atoms with van der Waals surface area (Å²) in [4.78, 5) is 20.5. The van der Waals surface area contributed by atoms with Crippen LogP contribution >= 0.6 is 0 Å². The van der Waals surface area contributed by atoms with Crippen LogP contribution in [0.2, 0.25) is 0 Å². The average Bonchev–Trinajstić information content (AvgIpc) is 2.57. The maximum Gasteiger partial charge on any atom is 0.248 e. The third-order valence-corrected chi connectivity index (χ3v) is 2.57. The van der Waals surface area contributed by atoms with E-state index >= 15 is 0 Å². The first-order valence-corrected chi connectivity index (χ1v) is 4.90. The van der Waals surface area contributed by atoms with Gasteiger partial charge in [-0.15, -0.1) is 0 Å². The summed E-state index contributed by atoms with van der Waals surface area (Å²) in [6, 6.07) is 0. The standard InChI is InChI=1S/C10H14N4O/c1-7-9(13-6-12-7)5-14-3-2-8(11)4-10(14)15/h4,6H,2-3,5,11H2,1H3,(H,12,13). The summed E-state index contributed by atoms with van der Waals surface area (Å²) in [6.07, 6.45) is 3.88. The maximum atomic E-state index is 11.6. The normalized spacial score (nSPS) is 16.7. The molecule has 1 amide bonds. The van der Waals surface area contributed by atoms with Gasteiger partial charge in [0, 0.05) is 30.4 Å². The number of H-pyrrole nitrogens is 1. The lowest BCUT2D eigenvalue weighted by molar-refractivity contribution is -0.127. The third kappa shape index (κ3) is 2.01. The first kappa shape index (κ1) is 9.76. The molecule has 1 aromatic rings. The molecule has 2 rings (SSSR count). The minimum Gasteiger partial charge on any atom is -0.402 e. The van der Waals surface area contributed by atoms with Crippen molar-refractivity contribution in [2.75, 3.05) is 6.54 Å². The first-order valence-electron chi connectivity index (χ1n) is 4.90. The van der Waals surface area contributed by atoms with Crippen LogP contribution in [0.1, 0.15) is 17.8 Å². The Morgan fingerprint density at radius 2 is 2.47 bits per heavy atom. The number of rotatable bonds is 2. The SMILES string of the molecule is Cc1[nH]cnc1CN1CCC(N)=CC1=O. The van der Waals surface area contributed by atoms with Gasteiger partial charge in [-0.05, 0) is 6.92 Å². The zero-order valence-electron chi connectivity index (χ0n) is 8.66. The zero-order valence-corrected chi connectivity index (χ0v) is 8.66. The van der Waals surface area contributed by atoms with Gasteiger partial charge in [-0.1, -0.05) is 0 Å². The Labute approximate surface area is 88.0 Å². The molecule has 0 spiro atoms. The summed E-state index contributed by atoms with van der Waals surface area (Å²) < 4.78 is 0. The largest absolute Gasteiger partial charge is 0.402 e. The topological polar surface area (TPSA) is 75.0 Å². The number of amides is 1. The highest BCUT2D eigenvalue weighted by atomic mass is 16.2. The van der Waals surface area contributed by atoms with Crippen molar-refractivity contribution in [3.05, 3.63) is 29.5 Å². The number of aromatic nitrogens is 2. The summed E-state index contributed by atoms with van der Waals surface area (Å²) >= 11 is 0. The zero-order chi connectivity index (χ0) is 10.8. The summed E-state index contributed by atoms with van der Waals surface area (Å²) in [7, 11) is 0. The molecular formula is C10H14N4O. The van der Waals surface area contributed by atoms with Gasteiger partial charge in [0.05, 0.1) is 18.6 Å². The van der Waals surface area contributed by atoms with Crippen molar-refractivity contribution in [1.29, 1.82) is 0 Å². The molecule has 5 heteroatoms. The summed E-state index contributed by atoms with van der Waals surface area (Å²) in [5.74, 6) is -0.0267. The Morgan fingerprint density at radius 3 is 3.07 bits per heavy atom. The van der Waals surface area contributed by atoms with Gasteiger partial charge in [0.2, 0.25) is 5.91 Å². The number of nitrogens with one attached hydrogen (secondary N) is 1. The van der Waals surface area contributed by atoms with Gasteiger partial charge < -0.3 is 15.6 Å². The van der Waals surface area contributed by atoms with Crippen molar-refractivity contribution in [2.24, 2.45) is 5.73 Å². The number of hydrogen-bond donors (Lipinski definition) is 2. The number of imidazole rings is 1. The van der Waals surface area contributed by atoms with E-state index in [0.717, 1.165) is 17.8 Å². The number of aryl methyl sites for hydroxylation is 1. The van der Waals surface area contributed by atoms with Crippen LogP contribution in [0.15, 0.2) is 18.1 Å². The number of aromatic amines is 1. The van der Waals surface area contributed by atoms with E-state index in [2.05, 4.69) is 9.97 Å². The average molecular weight is 206 g/mol. The van der Waals surface area contributed by atoms with Gasteiger partial charge in [-0.25, -0.2) is 4.98 Å². The third-order valence-electron chi connectivity index (χ3n) is 2.57. The molecule has 1 aromatic heterocycles. The molecule has 0 aromatic carbocycles. The van der Waals surface area contributed by atoms with E-state index in [4.69, 9.17) is 5.73 Å².